The van der Waals surface area contributed by atoms with Crippen LogP contribution in [-0.4, -0.2) is 65.6 Å². The Morgan fingerprint density at radius 1 is 1.03 bits per heavy atom. The van der Waals surface area contributed by atoms with Gasteiger partial charge >= 0.3 is 0 Å². The van der Waals surface area contributed by atoms with Crippen LogP contribution >= 0.6 is 0 Å². The third-order valence-corrected chi connectivity index (χ3v) is 5.09. The molecule has 1 N–H and O–H groups in total. The summed E-state index contributed by atoms with van der Waals surface area (Å²) in [6.07, 6.45) is -0.378. The van der Waals surface area contributed by atoms with Crippen LogP contribution in [0.5, 0.6) is 0 Å². The summed E-state index contributed by atoms with van der Waals surface area (Å²) in [7, 11) is 0. The lowest BCUT2D eigenvalue weighted by molar-refractivity contribution is -0.136. The van der Waals surface area contributed by atoms with Crippen LogP contribution in [0.25, 0.3) is 0 Å². The zero-order chi connectivity index (χ0) is 28.9. The maximum Gasteiger partial charge on any atom is 0.258 e. The Hall–Kier alpha value is -2.62. The minimum atomic E-state index is -3.68. The predicted octanol–water partition coefficient (Wildman–Crippen LogP) is 1.40. The monoisotopic (exact) mass is 432 g/mol. The number of piperazine rings is 1. The maximum atomic E-state index is 15.9. The normalized spacial score (nSPS) is 33.4. The Balaban J connectivity index is 1.91. The highest BCUT2D eigenvalue weighted by Gasteiger charge is 2.44. The van der Waals surface area contributed by atoms with E-state index in [1.165, 1.54) is 13.8 Å². The van der Waals surface area contributed by atoms with E-state index in [0.717, 1.165) is 0 Å². The zero-order valence-corrected chi connectivity index (χ0v) is 16.0. The van der Waals surface area contributed by atoms with Crippen LogP contribution in [0.3, 0.4) is 0 Å². The Kier molecular flexibility index (Phi) is 3.26. The van der Waals surface area contributed by atoms with E-state index < -0.39 is 102 Å². The molecule has 0 aliphatic carbocycles. The van der Waals surface area contributed by atoms with E-state index in [9.17, 15) is 14.4 Å². The van der Waals surface area contributed by atoms with E-state index >= 15 is 13.2 Å². The standard InChI is InChI=1S/C20H23F3N4O3/c1-10(2)25-5-7-26(8-6-25)18-15(21)11-9-27(12-3-4-13(28)24-19(12)29)20(30)14(11)16(22)17(18)23/h10,12H,3-9H2,1-2H3,(H,24,28,29)/t12-/m0/s1/i5D2,6D2,7D2,8D2. The zero-order valence-electron chi connectivity index (χ0n) is 24.0. The number of carbonyl (C=O) groups excluding carboxylic acids is 3. The van der Waals surface area contributed by atoms with Crippen LogP contribution in [0.4, 0.5) is 18.9 Å². The Labute approximate surface area is 183 Å². The summed E-state index contributed by atoms with van der Waals surface area (Å²) >= 11 is 0. The Bertz CT molecular complexity index is 1230. The van der Waals surface area contributed by atoms with Gasteiger partial charge in [0.25, 0.3) is 5.91 Å². The molecular formula is C20H23F3N4O3. The number of imide groups is 1. The number of nitrogens with zero attached hydrogens (tertiary/aromatic N) is 3. The molecule has 1 aromatic rings. The molecule has 10 heteroatoms. The van der Waals surface area contributed by atoms with Gasteiger partial charge in [-0.25, -0.2) is 13.2 Å². The lowest BCUT2D eigenvalue weighted by Gasteiger charge is -2.38. The molecule has 3 aliphatic heterocycles. The smallest absolute Gasteiger partial charge is 0.258 e. The number of hydrogen-bond donors (Lipinski definition) is 1. The number of piperidine rings is 1. The van der Waals surface area contributed by atoms with Crippen LogP contribution in [-0.2, 0) is 16.1 Å². The third kappa shape index (κ3) is 3.23. The van der Waals surface area contributed by atoms with Gasteiger partial charge in [0, 0.05) is 49.5 Å². The molecule has 0 aromatic heterocycles. The molecule has 0 radical (unpaired) electrons. The maximum absolute atomic E-state index is 15.9. The number of rotatable bonds is 3. The number of benzene rings is 1. The minimum Gasteiger partial charge on any atom is -0.364 e. The van der Waals surface area contributed by atoms with E-state index in [1.54, 1.807) is 0 Å². The van der Waals surface area contributed by atoms with Crippen molar-refractivity contribution in [3.05, 3.63) is 28.6 Å². The van der Waals surface area contributed by atoms with Crippen LogP contribution in [0.1, 0.15) is 53.6 Å². The SMILES string of the molecule is [2H]C1([2H])N(c2c(F)c(F)c3c(c2F)CN([C@H]2CCC(=O)NC2=O)C3=O)C([2H])([2H])C([2H])([2H])N(C(C)C)C1([2H])[2H]. The Morgan fingerprint density at radius 2 is 1.70 bits per heavy atom. The van der Waals surface area contributed by atoms with Crippen molar-refractivity contribution in [1.82, 2.24) is 15.1 Å². The summed E-state index contributed by atoms with van der Waals surface area (Å²) in [5.74, 6) is -8.92. The predicted molar refractivity (Wildman–Crippen MR) is 101 cm³/mol. The van der Waals surface area contributed by atoms with E-state index in [4.69, 9.17) is 11.0 Å². The fraction of sp³-hybridized carbons (Fsp3) is 0.550. The number of amides is 3. The molecule has 2 saturated heterocycles. The molecule has 0 saturated carbocycles. The number of anilines is 1. The van der Waals surface area contributed by atoms with Crippen LogP contribution in [0.15, 0.2) is 0 Å². The molecular weight excluding hydrogens is 401 g/mol. The molecule has 2 fully saturated rings. The highest BCUT2D eigenvalue weighted by atomic mass is 19.2. The summed E-state index contributed by atoms with van der Waals surface area (Å²) in [5, 5.41) is 1.98. The van der Waals surface area contributed by atoms with Crippen molar-refractivity contribution >= 4 is 23.4 Å². The molecule has 30 heavy (non-hydrogen) atoms. The number of carbonyl (C=O) groups is 3. The summed E-state index contributed by atoms with van der Waals surface area (Å²) in [6.45, 7) is -12.5. The first-order valence-electron chi connectivity index (χ1n) is 13.2. The van der Waals surface area contributed by atoms with Gasteiger partial charge in [-0.15, -0.1) is 0 Å². The molecule has 1 atom stereocenters. The fourth-order valence-electron chi connectivity index (χ4n) is 3.51. The molecule has 7 nitrogen and oxygen atoms in total. The van der Waals surface area contributed by atoms with Gasteiger partial charge in [-0.2, -0.15) is 0 Å². The quantitative estimate of drug-likeness (QED) is 0.578. The van der Waals surface area contributed by atoms with E-state index in [0.29, 0.717) is 4.90 Å². The highest BCUT2D eigenvalue weighted by molar-refractivity contribution is 6.05. The summed E-state index contributed by atoms with van der Waals surface area (Å²) in [4.78, 5) is 37.1. The second-order valence-electron chi connectivity index (χ2n) is 7.29. The van der Waals surface area contributed by atoms with E-state index in [-0.39, 0.29) is 17.7 Å². The molecule has 3 aliphatic rings. The van der Waals surface area contributed by atoms with Gasteiger partial charge in [-0.3, -0.25) is 24.6 Å². The van der Waals surface area contributed by atoms with Crippen molar-refractivity contribution in [1.29, 1.82) is 0 Å². The van der Waals surface area contributed by atoms with Gasteiger partial charge in [0.15, 0.2) is 17.5 Å². The summed E-state index contributed by atoms with van der Waals surface area (Å²) in [5.41, 5.74) is -3.72. The molecule has 162 valence electrons. The van der Waals surface area contributed by atoms with Crippen molar-refractivity contribution in [2.24, 2.45) is 0 Å². The molecule has 3 amide bonds. The van der Waals surface area contributed by atoms with Gasteiger partial charge < -0.3 is 9.80 Å². The summed E-state index contributed by atoms with van der Waals surface area (Å²) in [6, 6.07) is -2.47. The average Bonchev–Trinajstić information content (AvgIpc) is 3.10. The van der Waals surface area contributed by atoms with E-state index in [1.807, 2.05) is 5.32 Å². The number of fused-ring (bicyclic) bond motifs is 1. The van der Waals surface area contributed by atoms with Crippen molar-refractivity contribution in [3.63, 3.8) is 0 Å². The molecule has 1 aromatic carbocycles. The van der Waals surface area contributed by atoms with Crippen LogP contribution in [0, 0.1) is 17.5 Å². The van der Waals surface area contributed by atoms with Gasteiger partial charge in [-0.05, 0) is 20.3 Å². The molecule has 4 rings (SSSR count). The second kappa shape index (κ2) is 7.57. The summed E-state index contributed by atoms with van der Waals surface area (Å²) < 4.78 is 113. The van der Waals surface area contributed by atoms with E-state index in [2.05, 4.69) is 0 Å². The van der Waals surface area contributed by atoms with Crippen molar-refractivity contribution in [2.75, 3.05) is 30.9 Å². The molecule has 0 spiro atoms. The van der Waals surface area contributed by atoms with Crippen molar-refractivity contribution in [2.45, 2.75) is 45.3 Å². The second-order valence-corrected chi connectivity index (χ2v) is 7.29. The molecule has 0 unspecified atom stereocenters. The number of nitrogens with one attached hydrogen (secondary N) is 1. The first-order valence-corrected chi connectivity index (χ1v) is 9.16. The minimum absolute atomic E-state index is 0.189. The topological polar surface area (TPSA) is 73.0 Å². The van der Waals surface area contributed by atoms with Crippen molar-refractivity contribution in [3.8, 4) is 0 Å². The first kappa shape index (κ1) is 12.9. The molecule has 3 heterocycles. The van der Waals surface area contributed by atoms with Gasteiger partial charge in [0.2, 0.25) is 11.8 Å². The largest absolute Gasteiger partial charge is 0.364 e. The van der Waals surface area contributed by atoms with Crippen molar-refractivity contribution < 1.29 is 38.5 Å². The lowest BCUT2D eigenvalue weighted by atomic mass is 10.0. The third-order valence-electron chi connectivity index (χ3n) is 5.09. The highest BCUT2D eigenvalue weighted by Crippen LogP contribution is 2.38. The van der Waals surface area contributed by atoms with Gasteiger partial charge in [-0.1, -0.05) is 0 Å². The van der Waals surface area contributed by atoms with Gasteiger partial charge in [0.1, 0.15) is 11.7 Å². The fourth-order valence-corrected chi connectivity index (χ4v) is 3.51. The van der Waals surface area contributed by atoms with Crippen LogP contribution < -0.4 is 10.2 Å². The Morgan fingerprint density at radius 3 is 2.30 bits per heavy atom. The number of hydrogen-bond acceptors (Lipinski definition) is 5. The number of halogens is 3. The van der Waals surface area contributed by atoms with Gasteiger partial charge in [0.05, 0.1) is 17.6 Å². The molecule has 0 bridgehead atoms. The lowest BCUT2D eigenvalue weighted by Crippen LogP contribution is -2.52. The average molecular weight is 432 g/mol. The van der Waals surface area contributed by atoms with Crippen LogP contribution in [0.2, 0.25) is 0 Å². The first-order chi connectivity index (χ1) is 17.2.